The molecule has 0 aliphatic heterocycles. The molecule has 0 saturated heterocycles. The Morgan fingerprint density at radius 3 is 2.74 bits per heavy atom. The van der Waals surface area contributed by atoms with Gasteiger partial charge < -0.3 is 14.5 Å². The molecule has 3 aromatic carbocycles. The average Bonchev–Trinajstić information content (AvgIpc) is 3.22. The van der Waals surface area contributed by atoms with Gasteiger partial charge >= 0.3 is 0 Å². The van der Waals surface area contributed by atoms with Gasteiger partial charge in [0.05, 0.1) is 7.11 Å². The number of aromatic nitrogens is 1. The van der Waals surface area contributed by atoms with E-state index in [0.29, 0.717) is 22.9 Å². The first-order chi connectivity index (χ1) is 15.1. The molecule has 0 fully saturated rings. The number of benzene rings is 3. The number of anilines is 1. The van der Waals surface area contributed by atoms with E-state index in [-0.39, 0.29) is 11.0 Å². The molecule has 1 heterocycles. The molecule has 0 aliphatic rings. The molecule has 156 valence electrons. The van der Waals surface area contributed by atoms with Gasteiger partial charge in [0.25, 0.3) is 5.91 Å². The quantitative estimate of drug-likeness (QED) is 0.424. The van der Waals surface area contributed by atoms with Gasteiger partial charge in [-0.1, -0.05) is 25.1 Å². The number of nitrogens with zero attached hydrogens (tertiary/aromatic N) is 1. The van der Waals surface area contributed by atoms with Crippen molar-refractivity contribution in [1.29, 1.82) is 0 Å². The third kappa shape index (κ3) is 4.73. The van der Waals surface area contributed by atoms with Gasteiger partial charge in [0, 0.05) is 16.8 Å². The summed E-state index contributed by atoms with van der Waals surface area (Å²) in [7, 11) is 1.55. The van der Waals surface area contributed by atoms with Crippen molar-refractivity contribution in [2.24, 2.45) is 0 Å². The summed E-state index contributed by atoms with van der Waals surface area (Å²) < 4.78 is 11.1. The van der Waals surface area contributed by atoms with E-state index in [0.717, 1.165) is 23.1 Å². The van der Waals surface area contributed by atoms with Crippen LogP contribution < -0.4 is 15.4 Å². The van der Waals surface area contributed by atoms with Gasteiger partial charge in [-0.15, -0.1) is 0 Å². The van der Waals surface area contributed by atoms with Gasteiger partial charge in [-0.05, 0) is 72.7 Å². The minimum Gasteiger partial charge on any atom is -0.497 e. The Labute approximate surface area is 185 Å². The van der Waals surface area contributed by atoms with Crippen LogP contribution in [0.5, 0.6) is 5.75 Å². The number of thiocarbonyl (C=S) groups is 1. The highest BCUT2D eigenvalue weighted by Gasteiger charge is 2.12. The predicted molar refractivity (Wildman–Crippen MR) is 126 cm³/mol. The van der Waals surface area contributed by atoms with Crippen molar-refractivity contribution in [1.82, 2.24) is 10.3 Å². The molecule has 4 aromatic rings. The number of carbonyl (C=O) groups excluding carboxylic acids is 1. The molecule has 0 atom stereocenters. The first-order valence-electron chi connectivity index (χ1n) is 9.82. The van der Waals surface area contributed by atoms with E-state index in [4.69, 9.17) is 21.4 Å². The van der Waals surface area contributed by atoms with Crippen molar-refractivity contribution < 1.29 is 13.9 Å². The molecule has 0 bridgehead atoms. The number of rotatable bonds is 5. The number of carbonyl (C=O) groups is 1. The normalized spacial score (nSPS) is 10.6. The minimum atomic E-state index is -0.321. The molecule has 0 radical (unpaired) electrons. The SMILES string of the molecule is CCc1ccc2oc(-c3cccc(NC(=S)NC(=O)c4cccc(OC)c4)c3)nc2c1. The summed E-state index contributed by atoms with van der Waals surface area (Å²) in [5.41, 5.74) is 4.75. The lowest BCUT2D eigenvalue weighted by Crippen LogP contribution is -2.34. The van der Waals surface area contributed by atoms with Gasteiger partial charge in [0.15, 0.2) is 10.7 Å². The number of methoxy groups -OCH3 is 1. The summed E-state index contributed by atoms with van der Waals surface area (Å²) in [6.07, 6.45) is 0.941. The van der Waals surface area contributed by atoms with Crippen LogP contribution in [0.4, 0.5) is 5.69 Å². The second-order valence-electron chi connectivity index (χ2n) is 6.90. The Bertz CT molecular complexity index is 1270. The van der Waals surface area contributed by atoms with E-state index >= 15 is 0 Å². The topological polar surface area (TPSA) is 76.4 Å². The molecule has 1 amide bonds. The van der Waals surface area contributed by atoms with Crippen LogP contribution in [0, 0.1) is 0 Å². The second kappa shape index (κ2) is 8.97. The van der Waals surface area contributed by atoms with Crippen LogP contribution in [0.15, 0.2) is 71.1 Å². The van der Waals surface area contributed by atoms with Crippen molar-refractivity contribution in [3.8, 4) is 17.2 Å². The summed E-state index contributed by atoms with van der Waals surface area (Å²) >= 11 is 5.30. The number of ether oxygens (including phenoxy) is 1. The number of nitrogens with one attached hydrogen (secondary N) is 2. The second-order valence-corrected chi connectivity index (χ2v) is 7.30. The van der Waals surface area contributed by atoms with Crippen molar-refractivity contribution in [2.45, 2.75) is 13.3 Å². The molecular weight excluding hydrogens is 410 g/mol. The van der Waals surface area contributed by atoms with E-state index in [9.17, 15) is 4.79 Å². The Morgan fingerprint density at radius 1 is 1.10 bits per heavy atom. The molecule has 0 unspecified atom stereocenters. The number of amides is 1. The summed E-state index contributed by atoms with van der Waals surface area (Å²) in [6.45, 7) is 2.10. The summed E-state index contributed by atoms with van der Waals surface area (Å²) in [6, 6.07) is 20.4. The van der Waals surface area contributed by atoms with Crippen LogP contribution in [-0.4, -0.2) is 23.1 Å². The monoisotopic (exact) mass is 431 g/mol. The third-order valence-corrected chi connectivity index (χ3v) is 4.99. The Kier molecular flexibility index (Phi) is 5.95. The fraction of sp³-hybridized carbons (Fsp3) is 0.125. The number of aryl methyl sites for hydroxylation is 1. The zero-order valence-corrected chi connectivity index (χ0v) is 18.0. The number of hydrogen-bond acceptors (Lipinski definition) is 5. The van der Waals surface area contributed by atoms with Gasteiger partial charge in [0.1, 0.15) is 11.3 Å². The van der Waals surface area contributed by atoms with Gasteiger partial charge in [-0.2, -0.15) is 0 Å². The van der Waals surface area contributed by atoms with Crippen LogP contribution in [0.2, 0.25) is 0 Å². The molecule has 7 heteroatoms. The van der Waals surface area contributed by atoms with E-state index in [2.05, 4.69) is 22.5 Å². The summed E-state index contributed by atoms with van der Waals surface area (Å²) in [5, 5.41) is 5.90. The first-order valence-corrected chi connectivity index (χ1v) is 10.2. The average molecular weight is 432 g/mol. The first kappa shape index (κ1) is 20.6. The Balaban J connectivity index is 1.48. The Hall–Kier alpha value is -3.71. The maximum Gasteiger partial charge on any atom is 0.257 e. The standard InChI is InChI=1S/C24H21N3O3S/c1-3-15-10-11-21-20(12-15)26-23(30-21)17-7-4-8-18(13-17)25-24(31)27-22(28)16-6-5-9-19(14-16)29-2/h4-14H,3H2,1-2H3,(H2,25,27,28,31). The van der Waals surface area contributed by atoms with Crippen molar-refractivity contribution >= 4 is 40.0 Å². The molecule has 0 aliphatic carbocycles. The van der Waals surface area contributed by atoms with Crippen LogP contribution in [-0.2, 0) is 6.42 Å². The van der Waals surface area contributed by atoms with Crippen molar-refractivity contribution in [3.63, 3.8) is 0 Å². The molecule has 0 saturated carbocycles. The largest absolute Gasteiger partial charge is 0.497 e. The minimum absolute atomic E-state index is 0.190. The summed E-state index contributed by atoms with van der Waals surface area (Å²) in [4.78, 5) is 17.0. The number of hydrogen-bond donors (Lipinski definition) is 2. The van der Waals surface area contributed by atoms with Crippen LogP contribution in [0.3, 0.4) is 0 Å². The fourth-order valence-electron chi connectivity index (χ4n) is 3.15. The molecular formula is C24H21N3O3S. The third-order valence-electron chi connectivity index (χ3n) is 4.79. The van der Waals surface area contributed by atoms with E-state index in [1.54, 1.807) is 31.4 Å². The highest BCUT2D eigenvalue weighted by atomic mass is 32.1. The molecule has 4 rings (SSSR count). The molecule has 1 aromatic heterocycles. The summed E-state index contributed by atoms with van der Waals surface area (Å²) in [5.74, 6) is 0.806. The fourth-order valence-corrected chi connectivity index (χ4v) is 3.36. The van der Waals surface area contributed by atoms with Crippen LogP contribution in [0.25, 0.3) is 22.6 Å². The molecule has 6 nitrogen and oxygen atoms in total. The molecule has 2 N–H and O–H groups in total. The molecule has 31 heavy (non-hydrogen) atoms. The lowest BCUT2D eigenvalue weighted by atomic mass is 10.1. The van der Waals surface area contributed by atoms with Gasteiger partial charge in [0.2, 0.25) is 5.89 Å². The van der Waals surface area contributed by atoms with Crippen LogP contribution in [0.1, 0.15) is 22.8 Å². The zero-order chi connectivity index (χ0) is 21.8. The maximum atomic E-state index is 12.4. The van der Waals surface area contributed by atoms with Crippen molar-refractivity contribution in [2.75, 3.05) is 12.4 Å². The lowest BCUT2D eigenvalue weighted by Gasteiger charge is -2.10. The zero-order valence-electron chi connectivity index (χ0n) is 17.1. The van der Waals surface area contributed by atoms with E-state index < -0.39 is 0 Å². The van der Waals surface area contributed by atoms with E-state index in [1.165, 1.54) is 5.56 Å². The predicted octanol–water partition coefficient (Wildman–Crippen LogP) is 5.19. The van der Waals surface area contributed by atoms with Gasteiger partial charge in [-0.25, -0.2) is 4.98 Å². The smallest absolute Gasteiger partial charge is 0.257 e. The van der Waals surface area contributed by atoms with Crippen molar-refractivity contribution in [3.05, 3.63) is 77.9 Å². The highest BCUT2D eigenvalue weighted by Crippen LogP contribution is 2.27. The number of oxazole rings is 1. The van der Waals surface area contributed by atoms with Gasteiger partial charge in [-0.3, -0.25) is 10.1 Å². The van der Waals surface area contributed by atoms with E-state index in [1.807, 2.05) is 42.5 Å². The highest BCUT2D eigenvalue weighted by molar-refractivity contribution is 7.80. The lowest BCUT2D eigenvalue weighted by molar-refractivity contribution is 0.0977. The number of fused-ring (bicyclic) bond motifs is 1. The van der Waals surface area contributed by atoms with Crippen LogP contribution >= 0.6 is 12.2 Å². The maximum absolute atomic E-state index is 12.4. The molecule has 0 spiro atoms. The Morgan fingerprint density at radius 2 is 1.94 bits per heavy atom.